The molecule has 1 atom stereocenters. The van der Waals surface area contributed by atoms with E-state index in [4.69, 9.17) is 4.98 Å². The van der Waals surface area contributed by atoms with Crippen LogP contribution in [0.25, 0.3) is 16.9 Å². The van der Waals surface area contributed by atoms with Crippen LogP contribution in [-0.2, 0) is 29.8 Å². The molecule has 7 rings (SSSR count). The van der Waals surface area contributed by atoms with Gasteiger partial charge in [0.15, 0.2) is 11.5 Å². The highest BCUT2D eigenvalue weighted by atomic mass is 19.4. The Hall–Kier alpha value is -4.10. The zero-order valence-electron chi connectivity index (χ0n) is 24.7. The van der Waals surface area contributed by atoms with Gasteiger partial charge in [0.2, 0.25) is 5.95 Å². The van der Waals surface area contributed by atoms with Crippen molar-refractivity contribution in [2.24, 2.45) is 0 Å². The summed E-state index contributed by atoms with van der Waals surface area (Å²) in [5, 5.41) is 14.5. The number of pyridine rings is 1. The van der Waals surface area contributed by atoms with Crippen LogP contribution in [-0.4, -0.2) is 72.2 Å². The van der Waals surface area contributed by atoms with Gasteiger partial charge in [-0.3, -0.25) is 14.3 Å². The number of benzene rings is 1. The summed E-state index contributed by atoms with van der Waals surface area (Å²) in [6, 6.07) is 9.86. The summed E-state index contributed by atoms with van der Waals surface area (Å²) in [5.41, 5.74) is 4.06. The summed E-state index contributed by atoms with van der Waals surface area (Å²) in [7, 11) is 0. The molecule has 0 saturated carbocycles. The molecule has 236 valence electrons. The number of likely N-dealkylation sites (tertiary alicyclic amines) is 1. The van der Waals surface area contributed by atoms with Gasteiger partial charge < -0.3 is 15.3 Å². The second kappa shape index (κ2) is 11.1. The first-order valence-electron chi connectivity index (χ1n) is 15.3. The molecule has 3 aliphatic rings. The van der Waals surface area contributed by atoms with Gasteiger partial charge in [0.05, 0.1) is 11.1 Å². The quantitative estimate of drug-likeness (QED) is 0.297. The molecule has 0 spiro atoms. The molecule has 1 amide bonds. The van der Waals surface area contributed by atoms with Crippen molar-refractivity contribution in [3.63, 3.8) is 0 Å². The number of amides is 1. The summed E-state index contributed by atoms with van der Waals surface area (Å²) in [6.45, 7) is 3.59. The van der Waals surface area contributed by atoms with Crippen LogP contribution >= 0.6 is 0 Å². The lowest BCUT2D eigenvalue weighted by molar-refractivity contribution is -0.186. The standard InChI is InChI=1S/C32H33F4N7O2/c1-2-31(45)11-7-19-4-6-26(39-27(19)31)43-18-25(33)24-16-37-30(40-28(24)43)38-22-5-3-21-17-42(12-8-20(21)15-22)23-9-13-41(14-10-23)29(44)32(34,35)36/h3-6,15-16,18,23,45H,2,7-14,17H2,1H3,(H,37,38,40)/t31-/m1/s1. The van der Waals surface area contributed by atoms with E-state index in [1.165, 1.54) is 12.4 Å². The molecule has 0 bridgehead atoms. The van der Waals surface area contributed by atoms with Gasteiger partial charge in [-0.05, 0) is 73.4 Å². The van der Waals surface area contributed by atoms with Crippen LogP contribution in [0.15, 0.2) is 42.7 Å². The third kappa shape index (κ3) is 5.41. The second-order valence-electron chi connectivity index (χ2n) is 12.2. The number of aliphatic hydroxyl groups is 1. The maximum Gasteiger partial charge on any atom is 0.471 e. The first-order chi connectivity index (χ1) is 21.5. The molecule has 0 unspecified atom stereocenters. The zero-order valence-corrected chi connectivity index (χ0v) is 24.7. The van der Waals surface area contributed by atoms with E-state index in [-0.39, 0.29) is 24.5 Å². The van der Waals surface area contributed by atoms with Gasteiger partial charge in [0, 0.05) is 50.3 Å². The van der Waals surface area contributed by atoms with Gasteiger partial charge in [-0.25, -0.2) is 14.4 Å². The van der Waals surface area contributed by atoms with Gasteiger partial charge in [0.1, 0.15) is 11.4 Å². The summed E-state index contributed by atoms with van der Waals surface area (Å²) in [5.74, 6) is -1.46. The molecule has 45 heavy (non-hydrogen) atoms. The highest BCUT2D eigenvalue weighted by Crippen LogP contribution is 2.39. The van der Waals surface area contributed by atoms with E-state index in [1.54, 1.807) is 4.57 Å². The molecule has 5 heterocycles. The fourth-order valence-corrected chi connectivity index (χ4v) is 6.93. The van der Waals surface area contributed by atoms with Crippen molar-refractivity contribution in [2.75, 3.05) is 25.0 Å². The number of carbonyl (C=O) groups excluding carboxylic acids is 1. The van der Waals surface area contributed by atoms with Crippen molar-refractivity contribution in [3.8, 4) is 5.82 Å². The Morgan fingerprint density at radius 1 is 1.07 bits per heavy atom. The summed E-state index contributed by atoms with van der Waals surface area (Å²) in [6.07, 6.45) is 1.64. The number of nitrogens with one attached hydrogen (secondary N) is 1. The number of rotatable bonds is 5. The summed E-state index contributed by atoms with van der Waals surface area (Å²) in [4.78, 5) is 28.5. The fourth-order valence-electron chi connectivity index (χ4n) is 6.93. The van der Waals surface area contributed by atoms with Crippen LogP contribution in [0, 0.1) is 5.82 Å². The lowest BCUT2D eigenvalue weighted by Crippen LogP contribution is -2.50. The number of halogens is 4. The van der Waals surface area contributed by atoms with Gasteiger partial charge >= 0.3 is 12.1 Å². The molecular weight excluding hydrogens is 590 g/mol. The van der Waals surface area contributed by atoms with Crippen LogP contribution in [0.2, 0.25) is 0 Å². The molecule has 1 aromatic carbocycles. The van der Waals surface area contributed by atoms with Crippen molar-refractivity contribution in [2.45, 2.75) is 69.8 Å². The number of carbonyl (C=O) groups is 1. The number of fused-ring (bicyclic) bond motifs is 3. The molecule has 1 saturated heterocycles. The number of piperidine rings is 1. The Morgan fingerprint density at radius 3 is 2.60 bits per heavy atom. The minimum Gasteiger partial charge on any atom is -0.384 e. The largest absolute Gasteiger partial charge is 0.471 e. The predicted octanol–water partition coefficient (Wildman–Crippen LogP) is 5.15. The smallest absolute Gasteiger partial charge is 0.384 e. The Morgan fingerprint density at radius 2 is 1.84 bits per heavy atom. The van der Waals surface area contributed by atoms with Crippen molar-refractivity contribution in [1.29, 1.82) is 0 Å². The molecular formula is C32H33F4N7O2. The molecule has 2 aliphatic heterocycles. The second-order valence-corrected chi connectivity index (χ2v) is 12.2. The maximum absolute atomic E-state index is 14.9. The Kier molecular flexibility index (Phi) is 7.27. The minimum atomic E-state index is -4.83. The number of alkyl halides is 3. The van der Waals surface area contributed by atoms with Gasteiger partial charge in [0.25, 0.3) is 0 Å². The van der Waals surface area contributed by atoms with E-state index < -0.39 is 23.5 Å². The SMILES string of the molecule is CC[C@@]1(O)CCc2ccc(-n3cc(F)c4cnc(Nc5ccc6c(c5)CCN(C5CCN(C(=O)C(F)(F)F)CC5)C6)nc43)nc21. The molecule has 3 aromatic heterocycles. The minimum absolute atomic E-state index is 0.107. The van der Waals surface area contributed by atoms with E-state index >= 15 is 0 Å². The van der Waals surface area contributed by atoms with Crippen molar-refractivity contribution >= 4 is 28.6 Å². The summed E-state index contributed by atoms with van der Waals surface area (Å²) < 4.78 is 55.0. The molecule has 13 heteroatoms. The van der Waals surface area contributed by atoms with Gasteiger partial charge in [-0.1, -0.05) is 19.1 Å². The normalized spacial score (nSPS) is 20.8. The Balaban J connectivity index is 1.06. The number of aryl methyl sites for hydroxylation is 1. The molecule has 4 aromatic rings. The van der Waals surface area contributed by atoms with Crippen LogP contribution < -0.4 is 5.32 Å². The third-order valence-corrected chi connectivity index (χ3v) is 9.56. The van der Waals surface area contributed by atoms with Crippen molar-refractivity contribution in [3.05, 3.63) is 70.9 Å². The van der Waals surface area contributed by atoms with E-state index in [9.17, 15) is 27.5 Å². The predicted molar refractivity (Wildman–Crippen MR) is 159 cm³/mol. The average Bonchev–Trinajstić information content (AvgIpc) is 3.56. The first kappa shape index (κ1) is 29.6. The zero-order chi connectivity index (χ0) is 31.5. The van der Waals surface area contributed by atoms with Crippen molar-refractivity contribution in [1.82, 2.24) is 29.3 Å². The lowest BCUT2D eigenvalue weighted by Gasteiger charge is -2.40. The monoisotopic (exact) mass is 623 g/mol. The molecule has 1 fully saturated rings. The molecule has 0 radical (unpaired) electrons. The topological polar surface area (TPSA) is 99.4 Å². The number of hydrogen-bond acceptors (Lipinski definition) is 7. The third-order valence-electron chi connectivity index (χ3n) is 9.56. The van der Waals surface area contributed by atoms with E-state index in [0.29, 0.717) is 55.3 Å². The number of anilines is 2. The van der Waals surface area contributed by atoms with E-state index in [2.05, 4.69) is 20.2 Å². The molecule has 2 N–H and O–H groups in total. The van der Waals surface area contributed by atoms with Gasteiger partial charge in [-0.15, -0.1) is 0 Å². The maximum atomic E-state index is 14.9. The molecule has 1 aliphatic carbocycles. The average molecular weight is 624 g/mol. The van der Waals surface area contributed by atoms with Crippen LogP contribution in [0.1, 0.15) is 55.0 Å². The van der Waals surface area contributed by atoms with Gasteiger partial charge in [-0.2, -0.15) is 18.2 Å². The van der Waals surface area contributed by atoms with E-state index in [0.717, 1.165) is 46.7 Å². The number of nitrogens with zero attached hydrogens (tertiary/aromatic N) is 6. The summed E-state index contributed by atoms with van der Waals surface area (Å²) >= 11 is 0. The molecule has 9 nitrogen and oxygen atoms in total. The van der Waals surface area contributed by atoms with Crippen LogP contribution in [0.4, 0.5) is 29.2 Å². The van der Waals surface area contributed by atoms with Crippen LogP contribution in [0.3, 0.4) is 0 Å². The highest BCUT2D eigenvalue weighted by Gasteiger charge is 2.44. The Labute approximate surface area is 256 Å². The first-order valence-corrected chi connectivity index (χ1v) is 15.3. The van der Waals surface area contributed by atoms with Crippen LogP contribution in [0.5, 0.6) is 0 Å². The fraction of sp³-hybridized carbons (Fsp3) is 0.438. The number of hydrogen-bond donors (Lipinski definition) is 2. The number of aromatic nitrogens is 4. The Bertz CT molecular complexity index is 1780. The highest BCUT2D eigenvalue weighted by molar-refractivity contribution is 5.82. The van der Waals surface area contributed by atoms with Crippen molar-refractivity contribution < 1.29 is 27.5 Å². The lowest BCUT2D eigenvalue weighted by atomic mass is 9.95. The van der Waals surface area contributed by atoms with E-state index in [1.807, 2.05) is 37.3 Å².